The van der Waals surface area contributed by atoms with E-state index >= 15 is 0 Å². The number of benzene rings is 1. The molecule has 6 heteroatoms. The number of hydrogen-bond acceptors (Lipinski definition) is 2. The summed E-state index contributed by atoms with van der Waals surface area (Å²) in [5.74, 6) is -3.77. The van der Waals surface area contributed by atoms with Crippen LogP contribution >= 0.6 is 0 Å². The van der Waals surface area contributed by atoms with Crippen molar-refractivity contribution in [2.75, 3.05) is 13.2 Å². The largest absolute Gasteiger partial charge is 0.381 e. The third-order valence-electron chi connectivity index (χ3n) is 2.84. The Morgan fingerprint density at radius 1 is 1.28 bits per heavy atom. The summed E-state index contributed by atoms with van der Waals surface area (Å²) < 4.78 is 43.9. The fourth-order valence-corrected chi connectivity index (χ4v) is 1.77. The Kier molecular flexibility index (Phi) is 3.86. The summed E-state index contributed by atoms with van der Waals surface area (Å²) >= 11 is 0. The van der Waals surface area contributed by atoms with Crippen LogP contribution in [0.3, 0.4) is 0 Å². The highest BCUT2D eigenvalue weighted by atomic mass is 19.2. The van der Waals surface area contributed by atoms with Crippen LogP contribution in [0.5, 0.6) is 0 Å². The highest BCUT2D eigenvalue weighted by Crippen LogP contribution is 2.15. The van der Waals surface area contributed by atoms with Gasteiger partial charge in [-0.05, 0) is 12.5 Å². The molecule has 1 aromatic carbocycles. The molecule has 0 saturated carbocycles. The minimum atomic E-state index is -1.24. The van der Waals surface area contributed by atoms with Crippen LogP contribution in [0.1, 0.15) is 12.0 Å². The van der Waals surface area contributed by atoms with Crippen molar-refractivity contribution < 1.29 is 22.7 Å². The molecule has 1 amide bonds. The molecule has 0 bridgehead atoms. The van der Waals surface area contributed by atoms with Crippen LogP contribution in [0.25, 0.3) is 0 Å². The fourth-order valence-electron chi connectivity index (χ4n) is 1.77. The molecule has 0 aliphatic carbocycles. The molecule has 1 saturated heterocycles. The van der Waals surface area contributed by atoms with Gasteiger partial charge in [0.05, 0.1) is 12.5 Å². The molecular formula is C12H12F3NO2. The van der Waals surface area contributed by atoms with E-state index in [9.17, 15) is 18.0 Å². The van der Waals surface area contributed by atoms with Gasteiger partial charge in [0.15, 0.2) is 11.6 Å². The molecule has 0 unspecified atom stereocenters. The molecule has 1 fully saturated rings. The molecule has 98 valence electrons. The molecule has 1 heterocycles. The number of rotatable bonds is 3. The van der Waals surface area contributed by atoms with E-state index in [2.05, 4.69) is 5.32 Å². The van der Waals surface area contributed by atoms with E-state index in [0.717, 1.165) is 6.07 Å². The first-order valence-electron chi connectivity index (χ1n) is 5.57. The average Bonchev–Trinajstić information content (AvgIpc) is 2.85. The topological polar surface area (TPSA) is 38.3 Å². The minimum Gasteiger partial charge on any atom is -0.381 e. The van der Waals surface area contributed by atoms with Gasteiger partial charge in [-0.3, -0.25) is 4.79 Å². The number of carbonyl (C=O) groups is 1. The van der Waals surface area contributed by atoms with Crippen molar-refractivity contribution in [1.29, 1.82) is 0 Å². The second kappa shape index (κ2) is 5.39. The highest BCUT2D eigenvalue weighted by molar-refractivity contribution is 5.78. The SMILES string of the molecule is O=C(NCc1cc(F)c(F)cc1F)[C@H]1CCOC1. The fraction of sp³-hybridized carbons (Fsp3) is 0.417. The normalized spacial score (nSPS) is 18.9. The zero-order chi connectivity index (χ0) is 13.1. The molecule has 0 radical (unpaired) electrons. The van der Waals surface area contributed by atoms with Gasteiger partial charge < -0.3 is 10.1 Å². The molecule has 1 N–H and O–H groups in total. The lowest BCUT2D eigenvalue weighted by Gasteiger charge is -2.10. The monoisotopic (exact) mass is 259 g/mol. The smallest absolute Gasteiger partial charge is 0.225 e. The van der Waals surface area contributed by atoms with Crippen molar-refractivity contribution in [1.82, 2.24) is 5.32 Å². The molecule has 1 atom stereocenters. The van der Waals surface area contributed by atoms with Gasteiger partial charge in [0.1, 0.15) is 5.82 Å². The molecule has 1 aromatic rings. The van der Waals surface area contributed by atoms with Gasteiger partial charge in [0, 0.05) is 24.8 Å². The van der Waals surface area contributed by atoms with Gasteiger partial charge in [-0.2, -0.15) is 0 Å². The molecular weight excluding hydrogens is 247 g/mol. The zero-order valence-corrected chi connectivity index (χ0v) is 9.51. The Bertz CT molecular complexity index is 459. The predicted octanol–water partition coefficient (Wildman–Crippen LogP) is 1.76. The van der Waals surface area contributed by atoms with E-state index in [-0.39, 0.29) is 23.9 Å². The van der Waals surface area contributed by atoms with Crippen LogP contribution in [0, 0.1) is 23.4 Å². The lowest BCUT2D eigenvalue weighted by atomic mass is 10.1. The third kappa shape index (κ3) is 2.81. The summed E-state index contributed by atoms with van der Waals surface area (Å²) in [5.41, 5.74) is -0.0823. The summed E-state index contributed by atoms with van der Waals surface area (Å²) in [4.78, 5) is 11.6. The quantitative estimate of drug-likeness (QED) is 0.840. The van der Waals surface area contributed by atoms with Crippen molar-refractivity contribution in [3.05, 3.63) is 35.1 Å². The maximum atomic E-state index is 13.3. The lowest BCUT2D eigenvalue weighted by molar-refractivity contribution is -0.125. The van der Waals surface area contributed by atoms with E-state index < -0.39 is 17.5 Å². The first-order valence-corrected chi connectivity index (χ1v) is 5.57. The van der Waals surface area contributed by atoms with Crippen LogP contribution in [-0.2, 0) is 16.1 Å². The van der Waals surface area contributed by atoms with E-state index in [1.54, 1.807) is 0 Å². The van der Waals surface area contributed by atoms with Gasteiger partial charge in [-0.25, -0.2) is 13.2 Å². The summed E-state index contributed by atoms with van der Waals surface area (Å²) in [6.45, 7) is 0.697. The number of ether oxygens (including phenoxy) is 1. The first kappa shape index (κ1) is 12.9. The van der Waals surface area contributed by atoms with E-state index in [4.69, 9.17) is 4.74 Å². The van der Waals surface area contributed by atoms with E-state index in [1.807, 2.05) is 0 Å². The van der Waals surface area contributed by atoms with Gasteiger partial charge in [0.25, 0.3) is 0 Å². The molecule has 0 spiro atoms. The van der Waals surface area contributed by atoms with Crippen molar-refractivity contribution in [3.63, 3.8) is 0 Å². The predicted molar refractivity (Wildman–Crippen MR) is 57.1 cm³/mol. The number of halogens is 3. The number of hydrogen-bond donors (Lipinski definition) is 1. The van der Waals surface area contributed by atoms with Crippen LogP contribution in [0.15, 0.2) is 12.1 Å². The first-order chi connectivity index (χ1) is 8.58. The zero-order valence-electron chi connectivity index (χ0n) is 9.51. The van der Waals surface area contributed by atoms with Crippen LogP contribution in [0.4, 0.5) is 13.2 Å². The molecule has 0 aromatic heterocycles. The second-order valence-corrected chi connectivity index (χ2v) is 4.14. The molecule has 18 heavy (non-hydrogen) atoms. The van der Waals surface area contributed by atoms with Crippen LogP contribution in [0.2, 0.25) is 0 Å². The second-order valence-electron chi connectivity index (χ2n) is 4.14. The Labute approximate surface area is 102 Å². The van der Waals surface area contributed by atoms with Gasteiger partial charge in [-0.1, -0.05) is 0 Å². The van der Waals surface area contributed by atoms with Crippen molar-refractivity contribution in [2.24, 2.45) is 5.92 Å². The highest BCUT2D eigenvalue weighted by Gasteiger charge is 2.23. The van der Waals surface area contributed by atoms with Crippen molar-refractivity contribution in [2.45, 2.75) is 13.0 Å². The molecule has 3 nitrogen and oxygen atoms in total. The maximum absolute atomic E-state index is 13.3. The maximum Gasteiger partial charge on any atom is 0.225 e. The summed E-state index contributed by atoms with van der Waals surface area (Å²) in [6.07, 6.45) is 0.617. The standard InChI is InChI=1S/C12H12F3NO2/c13-9-4-11(15)10(14)3-8(9)5-16-12(17)7-1-2-18-6-7/h3-4,7H,1-2,5-6H2,(H,16,17)/t7-/m0/s1. The Morgan fingerprint density at radius 2 is 2.00 bits per heavy atom. The minimum absolute atomic E-state index is 0.0823. The van der Waals surface area contributed by atoms with Crippen molar-refractivity contribution in [3.8, 4) is 0 Å². The molecule has 1 aliphatic rings. The Hall–Kier alpha value is -1.56. The number of carbonyl (C=O) groups excluding carboxylic acids is 1. The van der Waals surface area contributed by atoms with Gasteiger partial charge in [0.2, 0.25) is 5.91 Å². The molecule has 2 rings (SSSR count). The van der Waals surface area contributed by atoms with Crippen molar-refractivity contribution >= 4 is 5.91 Å². The summed E-state index contributed by atoms with van der Waals surface area (Å²) in [7, 11) is 0. The lowest BCUT2D eigenvalue weighted by Crippen LogP contribution is -2.30. The number of nitrogens with one attached hydrogen (secondary N) is 1. The average molecular weight is 259 g/mol. The summed E-state index contributed by atoms with van der Waals surface area (Å²) in [5, 5.41) is 2.48. The van der Waals surface area contributed by atoms with Gasteiger partial charge >= 0.3 is 0 Å². The number of amides is 1. The van der Waals surface area contributed by atoms with E-state index in [0.29, 0.717) is 25.7 Å². The summed E-state index contributed by atoms with van der Waals surface area (Å²) in [6, 6.07) is 1.21. The Morgan fingerprint density at radius 3 is 2.67 bits per heavy atom. The molecule has 1 aliphatic heterocycles. The van der Waals surface area contributed by atoms with Gasteiger partial charge in [-0.15, -0.1) is 0 Å². The Balaban J connectivity index is 1.97. The van der Waals surface area contributed by atoms with Crippen LogP contribution < -0.4 is 5.32 Å². The third-order valence-corrected chi connectivity index (χ3v) is 2.84. The van der Waals surface area contributed by atoms with Crippen LogP contribution in [-0.4, -0.2) is 19.1 Å². The van der Waals surface area contributed by atoms with E-state index in [1.165, 1.54) is 0 Å².